The van der Waals surface area contributed by atoms with Crippen LogP contribution in [0.3, 0.4) is 0 Å². The fourth-order valence-electron chi connectivity index (χ4n) is 2.75. The van der Waals surface area contributed by atoms with Crippen molar-refractivity contribution in [2.24, 2.45) is 0 Å². The normalized spacial score (nSPS) is 10.5. The second-order valence-corrected chi connectivity index (χ2v) is 6.90. The predicted molar refractivity (Wildman–Crippen MR) is 114 cm³/mol. The molecule has 158 valence electrons. The van der Waals surface area contributed by atoms with E-state index in [1.165, 1.54) is 0 Å². The summed E-state index contributed by atoms with van der Waals surface area (Å²) >= 11 is 6.00. The van der Waals surface area contributed by atoms with Crippen LogP contribution in [-0.4, -0.2) is 41.9 Å². The molecule has 0 aliphatic carbocycles. The zero-order chi connectivity index (χ0) is 21.5. The van der Waals surface area contributed by atoms with E-state index in [9.17, 15) is 4.79 Å². The van der Waals surface area contributed by atoms with E-state index in [1.807, 2.05) is 19.1 Å². The average Bonchev–Trinajstić information content (AvgIpc) is 3.21. The van der Waals surface area contributed by atoms with Crippen LogP contribution in [0.5, 0.6) is 17.2 Å². The number of nitrogens with one attached hydrogen (secondary N) is 2. The number of aromatic nitrogens is 3. The maximum absolute atomic E-state index is 12.1. The molecule has 0 saturated heterocycles. The van der Waals surface area contributed by atoms with Crippen LogP contribution in [0.15, 0.2) is 36.4 Å². The molecule has 0 aliphatic rings. The maximum Gasteiger partial charge on any atom is 0.249 e. The number of aryl methyl sites for hydroxylation is 1. The number of carbonyl (C=O) groups is 1. The minimum Gasteiger partial charge on any atom is -0.494 e. The van der Waals surface area contributed by atoms with E-state index in [0.717, 1.165) is 16.9 Å². The zero-order valence-corrected chi connectivity index (χ0v) is 17.7. The predicted octanol–water partition coefficient (Wildman–Crippen LogP) is 4.25. The second kappa shape index (κ2) is 9.98. The van der Waals surface area contributed by atoms with Crippen molar-refractivity contribution in [2.45, 2.75) is 19.8 Å². The van der Waals surface area contributed by atoms with Crippen LogP contribution in [0.2, 0.25) is 5.02 Å². The highest BCUT2D eigenvalue weighted by atomic mass is 35.5. The quantitative estimate of drug-likeness (QED) is 0.492. The maximum atomic E-state index is 12.1. The smallest absolute Gasteiger partial charge is 0.249 e. The van der Waals surface area contributed by atoms with Crippen molar-refractivity contribution in [1.29, 1.82) is 0 Å². The lowest BCUT2D eigenvalue weighted by atomic mass is 10.2. The van der Waals surface area contributed by atoms with Gasteiger partial charge in [-0.15, -0.1) is 5.10 Å². The van der Waals surface area contributed by atoms with Crippen LogP contribution >= 0.6 is 11.6 Å². The van der Waals surface area contributed by atoms with Gasteiger partial charge < -0.3 is 14.2 Å². The Bertz CT molecular complexity index is 1020. The number of rotatable bonds is 9. The molecule has 9 heteroatoms. The molecule has 30 heavy (non-hydrogen) atoms. The molecular formula is C21H23ClN4O4. The van der Waals surface area contributed by atoms with Crippen LogP contribution in [0.4, 0.5) is 5.95 Å². The Balaban J connectivity index is 1.49. The number of amides is 1. The molecule has 1 heterocycles. The first kappa shape index (κ1) is 21.4. The SMILES string of the molecule is COc1ccc(-c2nc(NC(=O)CCCOc3ccc(Cl)c(C)c3)n[nH]2)cc1OC. The van der Waals surface area contributed by atoms with Crippen LogP contribution in [-0.2, 0) is 4.79 Å². The molecule has 0 bridgehead atoms. The van der Waals surface area contributed by atoms with Gasteiger partial charge in [-0.2, -0.15) is 4.98 Å². The standard InChI is InChI=1S/C21H23ClN4O4/c1-13-11-15(7-8-16(13)22)30-10-4-5-19(27)23-21-24-20(25-26-21)14-6-9-17(28-2)18(12-14)29-3/h6-9,11-12H,4-5,10H2,1-3H3,(H2,23,24,25,26,27). The number of benzene rings is 2. The number of hydrogen-bond donors (Lipinski definition) is 2. The minimum absolute atomic E-state index is 0.191. The molecule has 0 fully saturated rings. The molecule has 3 rings (SSSR count). The zero-order valence-electron chi connectivity index (χ0n) is 17.0. The third-order valence-electron chi connectivity index (χ3n) is 4.34. The van der Waals surface area contributed by atoms with Crippen LogP contribution in [0.25, 0.3) is 11.4 Å². The molecule has 8 nitrogen and oxygen atoms in total. The lowest BCUT2D eigenvalue weighted by molar-refractivity contribution is -0.116. The molecule has 1 amide bonds. The Morgan fingerprint density at radius 3 is 2.67 bits per heavy atom. The van der Waals surface area contributed by atoms with Crippen LogP contribution < -0.4 is 19.5 Å². The summed E-state index contributed by atoms with van der Waals surface area (Å²) in [6, 6.07) is 10.8. The van der Waals surface area contributed by atoms with Gasteiger partial charge in [0.1, 0.15) is 5.75 Å². The highest BCUT2D eigenvalue weighted by Gasteiger charge is 2.12. The number of H-pyrrole nitrogens is 1. The highest BCUT2D eigenvalue weighted by molar-refractivity contribution is 6.31. The molecule has 0 unspecified atom stereocenters. The number of nitrogens with zero attached hydrogens (tertiary/aromatic N) is 2. The number of anilines is 1. The summed E-state index contributed by atoms with van der Waals surface area (Å²) in [5.41, 5.74) is 1.70. The van der Waals surface area contributed by atoms with Gasteiger partial charge in [-0.05, 0) is 55.3 Å². The molecule has 0 saturated carbocycles. The monoisotopic (exact) mass is 430 g/mol. The van der Waals surface area contributed by atoms with Gasteiger partial charge in [-0.3, -0.25) is 15.2 Å². The third kappa shape index (κ3) is 5.42. The summed E-state index contributed by atoms with van der Waals surface area (Å²) in [5, 5.41) is 10.2. The Morgan fingerprint density at radius 2 is 1.93 bits per heavy atom. The first-order chi connectivity index (χ1) is 14.5. The van der Waals surface area contributed by atoms with E-state index < -0.39 is 0 Å². The van der Waals surface area contributed by atoms with Gasteiger partial charge in [0.25, 0.3) is 0 Å². The number of ether oxygens (including phenoxy) is 3. The lowest BCUT2D eigenvalue weighted by Gasteiger charge is -2.08. The van der Waals surface area contributed by atoms with E-state index in [1.54, 1.807) is 38.5 Å². The number of hydrogen-bond acceptors (Lipinski definition) is 6. The number of halogens is 1. The summed E-state index contributed by atoms with van der Waals surface area (Å²) in [5.74, 6) is 2.44. The molecule has 0 spiro atoms. The Labute approximate surface area is 179 Å². The van der Waals surface area contributed by atoms with Gasteiger partial charge in [0.15, 0.2) is 17.3 Å². The van der Waals surface area contributed by atoms with E-state index in [4.69, 9.17) is 25.8 Å². The average molecular weight is 431 g/mol. The topological polar surface area (TPSA) is 98.4 Å². The second-order valence-electron chi connectivity index (χ2n) is 6.49. The fraction of sp³-hybridized carbons (Fsp3) is 0.286. The Kier molecular flexibility index (Phi) is 7.13. The van der Waals surface area contributed by atoms with E-state index in [0.29, 0.717) is 35.4 Å². The Hall–Kier alpha value is -3.26. The van der Waals surface area contributed by atoms with Gasteiger partial charge in [-0.1, -0.05) is 11.6 Å². The van der Waals surface area contributed by atoms with Gasteiger partial charge in [0.2, 0.25) is 11.9 Å². The number of carbonyl (C=O) groups excluding carboxylic acids is 1. The molecule has 2 N–H and O–H groups in total. The fourth-order valence-corrected chi connectivity index (χ4v) is 2.86. The van der Waals surface area contributed by atoms with Gasteiger partial charge >= 0.3 is 0 Å². The summed E-state index contributed by atoms with van der Waals surface area (Å²) in [6.07, 6.45) is 0.841. The number of methoxy groups -OCH3 is 2. The van der Waals surface area contributed by atoms with E-state index in [-0.39, 0.29) is 18.3 Å². The van der Waals surface area contributed by atoms with Gasteiger partial charge in [0, 0.05) is 17.0 Å². The number of aromatic amines is 1. The molecule has 3 aromatic rings. The highest BCUT2D eigenvalue weighted by Crippen LogP contribution is 2.31. The van der Waals surface area contributed by atoms with E-state index >= 15 is 0 Å². The Morgan fingerprint density at radius 1 is 1.13 bits per heavy atom. The van der Waals surface area contributed by atoms with E-state index in [2.05, 4.69) is 20.5 Å². The van der Waals surface area contributed by atoms with Crippen LogP contribution in [0, 0.1) is 6.92 Å². The molecule has 0 radical (unpaired) electrons. The van der Waals surface area contributed by atoms with Crippen LogP contribution in [0.1, 0.15) is 18.4 Å². The lowest BCUT2D eigenvalue weighted by Crippen LogP contribution is -2.13. The summed E-state index contributed by atoms with van der Waals surface area (Å²) in [6.45, 7) is 2.33. The summed E-state index contributed by atoms with van der Waals surface area (Å²) < 4.78 is 16.2. The van der Waals surface area contributed by atoms with Crippen molar-refractivity contribution in [1.82, 2.24) is 15.2 Å². The van der Waals surface area contributed by atoms with Crippen molar-refractivity contribution in [3.63, 3.8) is 0 Å². The third-order valence-corrected chi connectivity index (χ3v) is 4.76. The van der Waals surface area contributed by atoms with Crippen molar-refractivity contribution >= 4 is 23.5 Å². The van der Waals surface area contributed by atoms with Gasteiger partial charge in [0.05, 0.1) is 20.8 Å². The summed E-state index contributed by atoms with van der Waals surface area (Å²) in [4.78, 5) is 16.4. The molecule has 2 aromatic carbocycles. The first-order valence-electron chi connectivity index (χ1n) is 9.33. The van der Waals surface area contributed by atoms with Crippen molar-refractivity contribution in [3.8, 4) is 28.6 Å². The van der Waals surface area contributed by atoms with Crippen molar-refractivity contribution in [3.05, 3.63) is 47.0 Å². The van der Waals surface area contributed by atoms with Gasteiger partial charge in [-0.25, -0.2) is 0 Å². The first-order valence-corrected chi connectivity index (χ1v) is 9.71. The minimum atomic E-state index is -0.191. The van der Waals surface area contributed by atoms with Crippen molar-refractivity contribution < 1.29 is 19.0 Å². The largest absolute Gasteiger partial charge is 0.494 e. The molecule has 0 aliphatic heterocycles. The molecule has 0 atom stereocenters. The summed E-state index contributed by atoms with van der Waals surface area (Å²) in [7, 11) is 3.13. The molecular weight excluding hydrogens is 408 g/mol. The van der Waals surface area contributed by atoms with Crippen molar-refractivity contribution in [2.75, 3.05) is 26.1 Å². The molecule has 1 aromatic heterocycles.